The van der Waals surface area contributed by atoms with Crippen LogP contribution in [0, 0.1) is 0 Å². The predicted octanol–water partition coefficient (Wildman–Crippen LogP) is 1.81. The lowest BCUT2D eigenvalue weighted by Gasteiger charge is -2.13. The number of hydrogen-bond donors (Lipinski definition) is 3. The molecule has 0 heterocycles. The molecule has 0 bridgehead atoms. The highest BCUT2D eigenvalue weighted by atomic mass is 32.2. The number of anilines is 2. The molecule has 2 aromatic carbocycles. The zero-order chi connectivity index (χ0) is 19.3. The van der Waals surface area contributed by atoms with Gasteiger partial charge in [-0.05, 0) is 42.5 Å². The molecular weight excluding hydrogens is 358 g/mol. The van der Waals surface area contributed by atoms with E-state index in [2.05, 4.69) is 15.4 Å². The maximum Gasteiger partial charge on any atom is 0.261 e. The van der Waals surface area contributed by atoms with Crippen LogP contribution in [-0.2, 0) is 14.8 Å². The summed E-state index contributed by atoms with van der Waals surface area (Å²) in [5.74, 6) is -0.279. The zero-order valence-electron chi connectivity index (χ0n) is 14.5. The molecule has 0 saturated carbocycles. The number of methoxy groups -OCH3 is 1. The first-order valence-corrected chi connectivity index (χ1v) is 9.05. The Kier molecular flexibility index (Phi) is 5.83. The molecule has 0 aromatic heterocycles. The van der Waals surface area contributed by atoms with Crippen LogP contribution in [0.4, 0.5) is 11.4 Å². The summed E-state index contributed by atoms with van der Waals surface area (Å²) in [6.07, 6.45) is 0. The van der Waals surface area contributed by atoms with Crippen molar-refractivity contribution in [3.05, 3.63) is 48.0 Å². The molecule has 3 N–H and O–H groups in total. The van der Waals surface area contributed by atoms with E-state index in [0.717, 1.165) is 0 Å². The first-order valence-electron chi connectivity index (χ1n) is 7.57. The number of rotatable bonds is 6. The second-order valence-electron chi connectivity index (χ2n) is 5.31. The fourth-order valence-corrected chi connectivity index (χ4v) is 3.27. The first kappa shape index (κ1) is 19.3. The molecule has 2 aromatic rings. The van der Waals surface area contributed by atoms with Crippen molar-refractivity contribution < 1.29 is 22.7 Å². The highest BCUT2D eigenvalue weighted by Gasteiger charge is 2.17. The normalized spacial score (nSPS) is 10.7. The highest BCUT2D eigenvalue weighted by molar-refractivity contribution is 7.92. The second kappa shape index (κ2) is 7.87. The summed E-state index contributed by atoms with van der Waals surface area (Å²) in [4.78, 5) is 22.8. The van der Waals surface area contributed by atoms with Crippen molar-refractivity contribution in [3.63, 3.8) is 0 Å². The molecule has 2 rings (SSSR count). The van der Waals surface area contributed by atoms with Gasteiger partial charge in [0.15, 0.2) is 0 Å². The van der Waals surface area contributed by atoms with E-state index in [1.54, 1.807) is 0 Å². The molecule has 0 unspecified atom stereocenters. The van der Waals surface area contributed by atoms with E-state index in [4.69, 9.17) is 4.74 Å². The van der Waals surface area contributed by atoms with Crippen molar-refractivity contribution in [2.24, 2.45) is 0 Å². The molecule has 0 aliphatic heterocycles. The molecule has 138 valence electrons. The van der Waals surface area contributed by atoms with Gasteiger partial charge in [-0.1, -0.05) is 0 Å². The third-order valence-corrected chi connectivity index (χ3v) is 4.80. The second-order valence-corrected chi connectivity index (χ2v) is 6.99. The number of ether oxygens (including phenoxy) is 1. The molecule has 0 aliphatic carbocycles. The van der Waals surface area contributed by atoms with Crippen LogP contribution < -0.4 is 20.1 Å². The zero-order valence-corrected chi connectivity index (χ0v) is 15.3. The summed E-state index contributed by atoms with van der Waals surface area (Å²) >= 11 is 0. The summed E-state index contributed by atoms with van der Waals surface area (Å²) in [6.45, 7) is 1.31. The van der Waals surface area contributed by atoms with Crippen molar-refractivity contribution in [3.8, 4) is 5.75 Å². The average Bonchev–Trinajstić information content (AvgIpc) is 2.60. The molecule has 26 heavy (non-hydrogen) atoms. The summed E-state index contributed by atoms with van der Waals surface area (Å²) in [5.41, 5.74) is 0.959. The molecular formula is C17H19N3O5S. The quantitative estimate of drug-likeness (QED) is 0.710. The Morgan fingerprint density at radius 2 is 1.69 bits per heavy atom. The Bertz CT molecular complexity index is 924. The largest absolute Gasteiger partial charge is 0.495 e. The minimum Gasteiger partial charge on any atom is -0.495 e. The topological polar surface area (TPSA) is 114 Å². The van der Waals surface area contributed by atoms with Gasteiger partial charge in [-0.2, -0.15) is 0 Å². The third-order valence-electron chi connectivity index (χ3n) is 3.42. The molecule has 2 amide bonds. The number of sulfonamides is 1. The summed E-state index contributed by atoms with van der Waals surface area (Å²) in [6, 6.07) is 10.1. The van der Waals surface area contributed by atoms with E-state index in [9.17, 15) is 18.0 Å². The SMILES string of the molecule is CNC(=O)c1ccc(NS(=O)(=O)c2ccc(OC)c(NC(C)=O)c2)cc1. The molecule has 0 spiro atoms. The van der Waals surface area contributed by atoms with Gasteiger partial charge in [-0.15, -0.1) is 0 Å². The van der Waals surface area contributed by atoms with Crippen molar-refractivity contribution in [2.75, 3.05) is 24.2 Å². The van der Waals surface area contributed by atoms with Gasteiger partial charge in [0.1, 0.15) is 5.75 Å². The van der Waals surface area contributed by atoms with Crippen molar-refractivity contribution in [1.29, 1.82) is 0 Å². The van der Waals surface area contributed by atoms with Gasteiger partial charge in [0.05, 0.1) is 17.7 Å². The Hall–Kier alpha value is -3.07. The Labute approximate surface area is 151 Å². The number of nitrogens with one attached hydrogen (secondary N) is 3. The lowest BCUT2D eigenvalue weighted by atomic mass is 10.2. The molecule has 0 radical (unpaired) electrons. The van der Waals surface area contributed by atoms with Gasteiger partial charge in [0, 0.05) is 25.2 Å². The monoisotopic (exact) mass is 377 g/mol. The van der Waals surface area contributed by atoms with Crippen LogP contribution in [0.3, 0.4) is 0 Å². The number of amides is 2. The third kappa shape index (κ3) is 4.51. The standard InChI is InChI=1S/C17H19N3O5S/c1-11(21)19-15-10-14(8-9-16(15)25-3)26(23,24)20-13-6-4-12(5-7-13)17(22)18-2/h4-10,20H,1-3H3,(H,18,22)(H,19,21). The number of carbonyl (C=O) groups excluding carboxylic acids is 2. The summed E-state index contributed by atoms with van der Waals surface area (Å²) < 4.78 is 32.7. The molecule has 0 aliphatic rings. The average molecular weight is 377 g/mol. The van der Waals surface area contributed by atoms with Crippen LogP contribution in [-0.4, -0.2) is 34.4 Å². The van der Waals surface area contributed by atoms with Gasteiger partial charge in [0.2, 0.25) is 5.91 Å². The van der Waals surface area contributed by atoms with Gasteiger partial charge in [-0.3, -0.25) is 14.3 Å². The smallest absolute Gasteiger partial charge is 0.261 e. The Morgan fingerprint density at radius 3 is 2.23 bits per heavy atom. The molecule has 0 atom stereocenters. The van der Waals surface area contributed by atoms with Crippen LogP contribution in [0.15, 0.2) is 47.4 Å². The van der Waals surface area contributed by atoms with Gasteiger partial charge >= 0.3 is 0 Å². The lowest BCUT2D eigenvalue weighted by molar-refractivity contribution is -0.114. The molecule has 0 fully saturated rings. The minimum absolute atomic E-state index is 0.0440. The van der Waals surface area contributed by atoms with Gasteiger partial charge < -0.3 is 15.4 Å². The maximum absolute atomic E-state index is 12.6. The van der Waals surface area contributed by atoms with E-state index in [1.165, 1.54) is 63.5 Å². The fraction of sp³-hybridized carbons (Fsp3) is 0.176. The molecule has 0 saturated heterocycles. The van der Waals surface area contributed by atoms with Gasteiger partial charge in [0.25, 0.3) is 15.9 Å². The Balaban J connectivity index is 2.29. The minimum atomic E-state index is -3.89. The van der Waals surface area contributed by atoms with Gasteiger partial charge in [-0.25, -0.2) is 8.42 Å². The van der Waals surface area contributed by atoms with Crippen LogP contribution in [0.25, 0.3) is 0 Å². The van der Waals surface area contributed by atoms with Crippen molar-refractivity contribution in [2.45, 2.75) is 11.8 Å². The molecule has 9 heteroatoms. The summed E-state index contributed by atoms with van der Waals surface area (Å²) in [5, 5.41) is 5.01. The number of carbonyl (C=O) groups is 2. The van der Waals surface area contributed by atoms with E-state index in [0.29, 0.717) is 17.0 Å². The van der Waals surface area contributed by atoms with E-state index in [-0.39, 0.29) is 22.4 Å². The van der Waals surface area contributed by atoms with Crippen molar-refractivity contribution >= 4 is 33.2 Å². The van der Waals surface area contributed by atoms with Crippen LogP contribution >= 0.6 is 0 Å². The molecule has 8 nitrogen and oxygen atoms in total. The number of benzene rings is 2. The maximum atomic E-state index is 12.6. The van der Waals surface area contributed by atoms with E-state index in [1.807, 2.05) is 0 Å². The summed E-state index contributed by atoms with van der Waals surface area (Å²) in [7, 11) is -0.966. The number of hydrogen-bond acceptors (Lipinski definition) is 5. The first-order chi connectivity index (χ1) is 12.3. The van der Waals surface area contributed by atoms with Crippen LogP contribution in [0.2, 0.25) is 0 Å². The van der Waals surface area contributed by atoms with Crippen LogP contribution in [0.5, 0.6) is 5.75 Å². The van der Waals surface area contributed by atoms with E-state index >= 15 is 0 Å². The van der Waals surface area contributed by atoms with Crippen LogP contribution in [0.1, 0.15) is 17.3 Å². The fourth-order valence-electron chi connectivity index (χ4n) is 2.19. The Morgan fingerprint density at radius 1 is 1.04 bits per heavy atom. The lowest BCUT2D eigenvalue weighted by Crippen LogP contribution is -2.18. The predicted molar refractivity (Wildman–Crippen MR) is 97.9 cm³/mol. The van der Waals surface area contributed by atoms with E-state index < -0.39 is 10.0 Å². The van der Waals surface area contributed by atoms with Crippen molar-refractivity contribution in [1.82, 2.24) is 5.32 Å². The highest BCUT2D eigenvalue weighted by Crippen LogP contribution is 2.28.